The van der Waals surface area contributed by atoms with Gasteiger partial charge in [-0.15, -0.1) is 0 Å². The molecule has 2 heterocycles. The van der Waals surface area contributed by atoms with Gasteiger partial charge in [0.15, 0.2) is 0 Å². The maximum absolute atomic E-state index is 4.46. The summed E-state index contributed by atoms with van der Waals surface area (Å²) in [5, 5.41) is 5.81. The lowest BCUT2D eigenvalue weighted by atomic mass is 9.95. The molecule has 21 heavy (non-hydrogen) atoms. The van der Waals surface area contributed by atoms with E-state index < -0.39 is 0 Å². The van der Waals surface area contributed by atoms with Gasteiger partial charge in [-0.1, -0.05) is 24.3 Å². The highest BCUT2D eigenvalue weighted by molar-refractivity contribution is 5.85. The fourth-order valence-electron chi connectivity index (χ4n) is 2.91. The van der Waals surface area contributed by atoms with E-state index in [1.54, 1.807) is 0 Å². The third-order valence-electron chi connectivity index (χ3n) is 3.74. The lowest BCUT2D eigenvalue weighted by Crippen LogP contribution is -2.18. The van der Waals surface area contributed by atoms with Gasteiger partial charge in [0.2, 0.25) is 0 Å². The SMILES string of the molecule is CNC(c1cc(C)nc(C)c1)c1cncc2ccccc12. The second kappa shape index (κ2) is 5.62. The normalized spacial score (nSPS) is 12.5. The standard InChI is InChI=1S/C18H19N3/c1-12-8-15(9-13(2)21-12)18(19-3)17-11-20-10-14-6-4-5-7-16(14)17/h4-11,18-19H,1-3H3. The van der Waals surface area contributed by atoms with E-state index in [9.17, 15) is 0 Å². The van der Waals surface area contributed by atoms with E-state index in [4.69, 9.17) is 0 Å². The number of hydrogen-bond donors (Lipinski definition) is 1. The molecular weight excluding hydrogens is 258 g/mol. The number of nitrogens with one attached hydrogen (secondary N) is 1. The van der Waals surface area contributed by atoms with E-state index in [2.05, 4.69) is 45.6 Å². The number of benzene rings is 1. The highest BCUT2D eigenvalue weighted by Crippen LogP contribution is 2.28. The molecule has 3 nitrogen and oxygen atoms in total. The number of aromatic nitrogens is 2. The van der Waals surface area contributed by atoms with E-state index >= 15 is 0 Å². The summed E-state index contributed by atoms with van der Waals surface area (Å²) in [6, 6.07) is 12.7. The van der Waals surface area contributed by atoms with Crippen molar-refractivity contribution in [3.05, 3.63) is 71.3 Å². The third-order valence-corrected chi connectivity index (χ3v) is 3.74. The second-order valence-corrected chi connectivity index (χ2v) is 5.35. The Balaban J connectivity index is 2.18. The van der Waals surface area contributed by atoms with Gasteiger partial charge in [0.25, 0.3) is 0 Å². The van der Waals surface area contributed by atoms with E-state index in [0.29, 0.717) is 0 Å². The molecule has 0 radical (unpaired) electrons. The van der Waals surface area contributed by atoms with Crippen LogP contribution in [0.3, 0.4) is 0 Å². The lowest BCUT2D eigenvalue weighted by Gasteiger charge is -2.19. The molecule has 0 amide bonds. The van der Waals surface area contributed by atoms with Crippen LogP contribution in [0.5, 0.6) is 0 Å². The van der Waals surface area contributed by atoms with E-state index in [-0.39, 0.29) is 6.04 Å². The van der Waals surface area contributed by atoms with Crippen molar-refractivity contribution < 1.29 is 0 Å². The zero-order valence-corrected chi connectivity index (χ0v) is 12.6. The Morgan fingerprint density at radius 2 is 1.71 bits per heavy atom. The Morgan fingerprint density at radius 3 is 2.43 bits per heavy atom. The third kappa shape index (κ3) is 2.65. The summed E-state index contributed by atoms with van der Waals surface area (Å²) in [6.45, 7) is 4.06. The minimum absolute atomic E-state index is 0.115. The van der Waals surface area contributed by atoms with Gasteiger partial charge in [-0.3, -0.25) is 9.97 Å². The fraction of sp³-hybridized carbons (Fsp3) is 0.222. The van der Waals surface area contributed by atoms with Crippen LogP contribution < -0.4 is 5.32 Å². The molecule has 1 aromatic carbocycles. The first-order valence-corrected chi connectivity index (χ1v) is 7.14. The summed E-state index contributed by atoms with van der Waals surface area (Å²) in [5.74, 6) is 0. The Bertz CT molecular complexity index is 755. The van der Waals surface area contributed by atoms with Crippen LogP contribution in [0, 0.1) is 13.8 Å². The number of hydrogen-bond acceptors (Lipinski definition) is 3. The number of rotatable bonds is 3. The molecule has 3 heteroatoms. The summed E-state index contributed by atoms with van der Waals surface area (Å²) < 4.78 is 0. The molecule has 0 saturated heterocycles. The van der Waals surface area contributed by atoms with Crippen LogP contribution >= 0.6 is 0 Å². The predicted octanol–water partition coefficient (Wildman–Crippen LogP) is 3.56. The lowest BCUT2D eigenvalue weighted by molar-refractivity contribution is 0.691. The van der Waals surface area contributed by atoms with Gasteiger partial charge in [0.1, 0.15) is 0 Å². The zero-order chi connectivity index (χ0) is 14.8. The molecule has 1 atom stereocenters. The number of pyridine rings is 2. The average molecular weight is 277 g/mol. The summed E-state index contributed by atoms with van der Waals surface area (Å²) in [5.41, 5.74) is 4.50. The van der Waals surface area contributed by atoms with Gasteiger partial charge in [0, 0.05) is 29.2 Å². The second-order valence-electron chi connectivity index (χ2n) is 5.35. The number of nitrogens with zero attached hydrogens (tertiary/aromatic N) is 2. The Morgan fingerprint density at radius 1 is 1.00 bits per heavy atom. The van der Waals surface area contributed by atoms with Crippen LogP contribution in [-0.2, 0) is 0 Å². The molecular formula is C18H19N3. The molecule has 0 aliphatic rings. The van der Waals surface area contributed by atoms with Crippen LogP contribution in [0.25, 0.3) is 10.8 Å². The molecule has 3 aromatic rings. The summed E-state index contributed by atoms with van der Waals surface area (Å²) in [4.78, 5) is 8.86. The van der Waals surface area contributed by atoms with Gasteiger partial charge in [-0.25, -0.2) is 0 Å². The molecule has 0 spiro atoms. The van der Waals surface area contributed by atoms with Crippen LogP contribution in [0.4, 0.5) is 0 Å². The Hall–Kier alpha value is -2.26. The van der Waals surface area contributed by atoms with Crippen molar-refractivity contribution >= 4 is 10.8 Å². The van der Waals surface area contributed by atoms with Crippen molar-refractivity contribution in [3.8, 4) is 0 Å². The van der Waals surface area contributed by atoms with E-state index in [1.807, 2.05) is 39.4 Å². The molecule has 0 aliphatic carbocycles. The van der Waals surface area contributed by atoms with Crippen molar-refractivity contribution in [1.29, 1.82) is 0 Å². The maximum atomic E-state index is 4.46. The predicted molar refractivity (Wildman–Crippen MR) is 86.4 cm³/mol. The topological polar surface area (TPSA) is 37.8 Å². The fourth-order valence-corrected chi connectivity index (χ4v) is 2.91. The molecule has 1 N–H and O–H groups in total. The minimum Gasteiger partial charge on any atom is -0.309 e. The summed E-state index contributed by atoms with van der Waals surface area (Å²) in [7, 11) is 1.98. The Labute approximate surface area is 125 Å². The monoisotopic (exact) mass is 277 g/mol. The van der Waals surface area contributed by atoms with E-state index in [0.717, 1.165) is 16.8 Å². The van der Waals surface area contributed by atoms with Crippen LogP contribution in [-0.4, -0.2) is 17.0 Å². The van der Waals surface area contributed by atoms with Gasteiger partial charge in [-0.05, 0) is 49.5 Å². The largest absolute Gasteiger partial charge is 0.309 e. The molecule has 1 unspecified atom stereocenters. The molecule has 0 saturated carbocycles. The maximum Gasteiger partial charge on any atom is 0.0597 e. The smallest absolute Gasteiger partial charge is 0.0597 e. The first kappa shape index (κ1) is 13.7. The minimum atomic E-state index is 0.115. The number of fused-ring (bicyclic) bond motifs is 1. The molecule has 106 valence electrons. The Kier molecular flexibility index (Phi) is 3.67. The van der Waals surface area contributed by atoms with Gasteiger partial charge < -0.3 is 5.32 Å². The van der Waals surface area contributed by atoms with Crippen LogP contribution in [0.2, 0.25) is 0 Å². The van der Waals surface area contributed by atoms with Gasteiger partial charge in [0.05, 0.1) is 6.04 Å². The van der Waals surface area contributed by atoms with Crippen molar-refractivity contribution in [2.75, 3.05) is 7.05 Å². The quantitative estimate of drug-likeness (QED) is 0.795. The molecule has 0 aliphatic heterocycles. The molecule has 3 rings (SSSR count). The van der Waals surface area contributed by atoms with Crippen LogP contribution in [0.15, 0.2) is 48.8 Å². The summed E-state index contributed by atoms with van der Waals surface area (Å²) >= 11 is 0. The summed E-state index contributed by atoms with van der Waals surface area (Å²) in [6.07, 6.45) is 3.86. The number of aryl methyl sites for hydroxylation is 2. The van der Waals surface area contributed by atoms with Crippen molar-refractivity contribution in [2.45, 2.75) is 19.9 Å². The highest BCUT2D eigenvalue weighted by Gasteiger charge is 2.16. The average Bonchev–Trinajstić information content (AvgIpc) is 2.47. The molecule has 0 bridgehead atoms. The zero-order valence-electron chi connectivity index (χ0n) is 12.6. The highest BCUT2D eigenvalue weighted by atomic mass is 14.9. The first-order chi connectivity index (χ1) is 10.2. The van der Waals surface area contributed by atoms with Gasteiger partial charge in [-0.2, -0.15) is 0 Å². The van der Waals surface area contributed by atoms with Crippen molar-refractivity contribution in [2.24, 2.45) is 0 Å². The van der Waals surface area contributed by atoms with E-state index in [1.165, 1.54) is 16.5 Å². The molecule has 0 fully saturated rings. The van der Waals surface area contributed by atoms with Crippen molar-refractivity contribution in [1.82, 2.24) is 15.3 Å². The first-order valence-electron chi connectivity index (χ1n) is 7.14. The van der Waals surface area contributed by atoms with Crippen molar-refractivity contribution in [3.63, 3.8) is 0 Å². The molecule has 2 aromatic heterocycles. The van der Waals surface area contributed by atoms with Crippen LogP contribution in [0.1, 0.15) is 28.6 Å². The van der Waals surface area contributed by atoms with Gasteiger partial charge >= 0.3 is 0 Å².